The van der Waals surface area contributed by atoms with Crippen molar-refractivity contribution in [2.75, 3.05) is 5.32 Å². The normalized spacial score (nSPS) is 26.2. The standard InChI is InChI=1S/C17H15FN2O/c1-17-10-15(11-6-8-12(18)9-7-11)20-21-16(17)19-14-5-3-2-4-13(14)17/h2-9,16,19H,10H2,1H3. The minimum Gasteiger partial charge on any atom is -0.370 e. The molecular formula is C17H15FN2O. The van der Waals surface area contributed by atoms with E-state index in [1.165, 1.54) is 17.7 Å². The number of halogens is 1. The van der Waals surface area contributed by atoms with Gasteiger partial charge in [-0.1, -0.05) is 35.5 Å². The molecule has 0 aromatic heterocycles. The number of hydrogen-bond acceptors (Lipinski definition) is 3. The van der Waals surface area contributed by atoms with E-state index in [-0.39, 0.29) is 17.5 Å². The second kappa shape index (κ2) is 4.32. The van der Waals surface area contributed by atoms with E-state index in [1.807, 2.05) is 12.1 Å². The number of para-hydroxylation sites is 1. The van der Waals surface area contributed by atoms with E-state index in [0.717, 1.165) is 23.4 Å². The lowest BCUT2D eigenvalue weighted by Gasteiger charge is -2.34. The highest BCUT2D eigenvalue weighted by molar-refractivity contribution is 6.01. The lowest BCUT2D eigenvalue weighted by molar-refractivity contribution is 0.0203. The van der Waals surface area contributed by atoms with Crippen molar-refractivity contribution in [3.05, 3.63) is 65.5 Å². The van der Waals surface area contributed by atoms with Gasteiger partial charge < -0.3 is 10.2 Å². The van der Waals surface area contributed by atoms with E-state index in [1.54, 1.807) is 12.1 Å². The predicted octanol–water partition coefficient (Wildman–Crippen LogP) is 3.66. The van der Waals surface area contributed by atoms with Crippen LogP contribution in [0.4, 0.5) is 10.1 Å². The quantitative estimate of drug-likeness (QED) is 0.866. The number of anilines is 1. The lowest BCUT2D eigenvalue weighted by Crippen LogP contribution is -2.42. The monoisotopic (exact) mass is 282 g/mol. The number of oxime groups is 1. The topological polar surface area (TPSA) is 33.6 Å². The Hall–Kier alpha value is -2.36. The molecule has 0 bridgehead atoms. The fraction of sp³-hybridized carbons (Fsp3) is 0.235. The van der Waals surface area contributed by atoms with Gasteiger partial charge in [-0.25, -0.2) is 4.39 Å². The van der Waals surface area contributed by atoms with Crippen LogP contribution in [0.3, 0.4) is 0 Å². The van der Waals surface area contributed by atoms with E-state index in [9.17, 15) is 4.39 Å². The van der Waals surface area contributed by atoms with Gasteiger partial charge in [-0.2, -0.15) is 0 Å². The third-order valence-corrected chi connectivity index (χ3v) is 4.39. The smallest absolute Gasteiger partial charge is 0.207 e. The highest BCUT2D eigenvalue weighted by atomic mass is 19.1. The van der Waals surface area contributed by atoms with Crippen LogP contribution in [-0.2, 0) is 10.3 Å². The van der Waals surface area contributed by atoms with Gasteiger partial charge in [0.25, 0.3) is 0 Å². The fourth-order valence-corrected chi connectivity index (χ4v) is 3.17. The molecule has 106 valence electrons. The molecule has 1 N–H and O–H groups in total. The molecule has 2 unspecified atom stereocenters. The largest absolute Gasteiger partial charge is 0.370 e. The number of fused-ring (bicyclic) bond motifs is 3. The molecule has 3 nitrogen and oxygen atoms in total. The van der Waals surface area contributed by atoms with Crippen molar-refractivity contribution in [2.24, 2.45) is 5.16 Å². The summed E-state index contributed by atoms with van der Waals surface area (Å²) in [6.45, 7) is 2.18. The zero-order valence-electron chi connectivity index (χ0n) is 11.6. The van der Waals surface area contributed by atoms with Crippen LogP contribution in [0.2, 0.25) is 0 Å². The summed E-state index contributed by atoms with van der Waals surface area (Å²) in [6.07, 6.45) is 0.604. The van der Waals surface area contributed by atoms with Gasteiger partial charge in [-0.05, 0) is 36.2 Å². The molecule has 0 aliphatic carbocycles. The van der Waals surface area contributed by atoms with Gasteiger partial charge in [0.15, 0.2) is 0 Å². The molecule has 4 rings (SSSR count). The van der Waals surface area contributed by atoms with E-state index in [4.69, 9.17) is 4.84 Å². The molecule has 4 heteroatoms. The summed E-state index contributed by atoms with van der Waals surface area (Å²) in [5.74, 6) is -0.243. The molecule has 2 atom stereocenters. The molecule has 0 fully saturated rings. The summed E-state index contributed by atoms with van der Waals surface area (Å²) in [7, 11) is 0. The summed E-state index contributed by atoms with van der Waals surface area (Å²) in [4.78, 5) is 5.67. The minimum absolute atomic E-state index is 0.154. The van der Waals surface area contributed by atoms with Crippen LogP contribution in [0.5, 0.6) is 0 Å². The average molecular weight is 282 g/mol. The third-order valence-electron chi connectivity index (χ3n) is 4.39. The first-order chi connectivity index (χ1) is 10.2. The van der Waals surface area contributed by atoms with E-state index < -0.39 is 0 Å². The van der Waals surface area contributed by atoms with E-state index in [2.05, 4.69) is 29.5 Å². The Balaban J connectivity index is 1.73. The highest BCUT2D eigenvalue weighted by Gasteiger charge is 2.48. The lowest BCUT2D eigenvalue weighted by atomic mass is 9.77. The summed E-state index contributed by atoms with van der Waals surface area (Å²) in [5.41, 5.74) is 3.93. The molecule has 2 aliphatic heterocycles. The van der Waals surface area contributed by atoms with Crippen molar-refractivity contribution in [1.29, 1.82) is 0 Å². The zero-order valence-corrected chi connectivity index (χ0v) is 11.6. The second-order valence-electron chi connectivity index (χ2n) is 5.81. The molecule has 0 radical (unpaired) electrons. The van der Waals surface area contributed by atoms with Crippen molar-refractivity contribution < 1.29 is 9.23 Å². The number of rotatable bonds is 1. The van der Waals surface area contributed by atoms with Gasteiger partial charge in [0.2, 0.25) is 6.23 Å². The zero-order chi connectivity index (χ0) is 14.4. The summed E-state index contributed by atoms with van der Waals surface area (Å²) >= 11 is 0. The number of hydrogen-bond donors (Lipinski definition) is 1. The van der Waals surface area contributed by atoms with Crippen LogP contribution in [0.25, 0.3) is 0 Å². The first kappa shape index (κ1) is 12.4. The Morgan fingerprint density at radius 1 is 1.19 bits per heavy atom. The van der Waals surface area contributed by atoms with Crippen LogP contribution in [0.1, 0.15) is 24.5 Å². The molecule has 0 spiro atoms. The maximum atomic E-state index is 13.1. The van der Waals surface area contributed by atoms with Gasteiger partial charge in [0, 0.05) is 12.1 Å². The van der Waals surface area contributed by atoms with Gasteiger partial charge >= 0.3 is 0 Å². The Morgan fingerprint density at radius 3 is 2.76 bits per heavy atom. The minimum atomic E-state index is -0.243. The molecular weight excluding hydrogens is 267 g/mol. The molecule has 0 saturated heterocycles. The number of nitrogens with zero attached hydrogens (tertiary/aromatic N) is 1. The van der Waals surface area contributed by atoms with Crippen molar-refractivity contribution in [3.63, 3.8) is 0 Å². The molecule has 2 heterocycles. The second-order valence-corrected chi connectivity index (χ2v) is 5.81. The Kier molecular flexibility index (Phi) is 2.55. The molecule has 21 heavy (non-hydrogen) atoms. The summed E-state index contributed by atoms with van der Waals surface area (Å²) in [5, 5.41) is 7.60. The third kappa shape index (κ3) is 1.82. The summed E-state index contributed by atoms with van der Waals surface area (Å²) in [6, 6.07) is 14.6. The summed E-state index contributed by atoms with van der Waals surface area (Å²) < 4.78 is 13.1. The number of benzene rings is 2. The van der Waals surface area contributed by atoms with Crippen LogP contribution in [0.15, 0.2) is 53.7 Å². The van der Waals surface area contributed by atoms with Gasteiger partial charge in [-0.15, -0.1) is 0 Å². The van der Waals surface area contributed by atoms with Crippen molar-refractivity contribution in [2.45, 2.75) is 25.0 Å². The van der Waals surface area contributed by atoms with Crippen LogP contribution in [0, 0.1) is 5.82 Å². The van der Waals surface area contributed by atoms with Crippen molar-refractivity contribution >= 4 is 11.4 Å². The first-order valence-electron chi connectivity index (χ1n) is 7.01. The Morgan fingerprint density at radius 2 is 1.95 bits per heavy atom. The average Bonchev–Trinajstić information content (AvgIpc) is 2.80. The number of nitrogens with one attached hydrogen (secondary N) is 1. The molecule has 2 aromatic carbocycles. The van der Waals surface area contributed by atoms with E-state index >= 15 is 0 Å². The predicted molar refractivity (Wildman–Crippen MR) is 79.8 cm³/mol. The molecule has 2 aromatic rings. The Bertz CT molecular complexity index is 726. The maximum Gasteiger partial charge on any atom is 0.207 e. The molecule has 0 amide bonds. The molecule has 0 saturated carbocycles. The van der Waals surface area contributed by atoms with Crippen molar-refractivity contribution in [1.82, 2.24) is 0 Å². The van der Waals surface area contributed by atoms with Crippen LogP contribution >= 0.6 is 0 Å². The maximum absolute atomic E-state index is 13.1. The SMILES string of the molecule is CC12CC(c3ccc(F)cc3)=NOC1Nc1ccccc12. The van der Waals surface area contributed by atoms with Gasteiger partial charge in [-0.3, -0.25) is 0 Å². The van der Waals surface area contributed by atoms with Crippen molar-refractivity contribution in [3.8, 4) is 0 Å². The van der Waals surface area contributed by atoms with Gasteiger partial charge in [0.1, 0.15) is 5.82 Å². The van der Waals surface area contributed by atoms with Crippen LogP contribution < -0.4 is 5.32 Å². The first-order valence-corrected chi connectivity index (χ1v) is 7.01. The highest BCUT2D eigenvalue weighted by Crippen LogP contribution is 2.46. The van der Waals surface area contributed by atoms with Crippen LogP contribution in [-0.4, -0.2) is 11.9 Å². The Labute approximate surface area is 122 Å². The van der Waals surface area contributed by atoms with E-state index in [0.29, 0.717) is 0 Å². The molecule has 2 aliphatic rings. The van der Waals surface area contributed by atoms with Gasteiger partial charge in [0.05, 0.1) is 11.1 Å². The fourth-order valence-electron chi connectivity index (χ4n) is 3.17.